The molecule has 0 aromatic heterocycles. The van der Waals surface area contributed by atoms with Gasteiger partial charge < -0.3 is 10.6 Å². The van der Waals surface area contributed by atoms with Gasteiger partial charge in [-0.05, 0) is 45.0 Å². The highest BCUT2D eigenvalue weighted by atomic mass is 32.2. The van der Waals surface area contributed by atoms with Gasteiger partial charge in [0.1, 0.15) is 0 Å². The van der Waals surface area contributed by atoms with E-state index in [9.17, 15) is 0 Å². The molecule has 1 aliphatic rings. The molecule has 0 radical (unpaired) electrons. The van der Waals surface area contributed by atoms with Crippen LogP contribution in [-0.2, 0) is 0 Å². The van der Waals surface area contributed by atoms with Crippen LogP contribution in [0.2, 0.25) is 0 Å². The first kappa shape index (κ1) is 13.3. The zero-order valence-corrected chi connectivity index (χ0v) is 10.9. The molecule has 1 unspecified atom stereocenters. The molecule has 0 amide bonds. The van der Waals surface area contributed by atoms with Crippen LogP contribution in [0.5, 0.6) is 0 Å². The minimum atomic E-state index is 0.601. The third-order valence-electron chi connectivity index (χ3n) is 3.20. The predicted molar refractivity (Wildman–Crippen MR) is 69.5 cm³/mol. The number of nitrogens with two attached hydrogens (primary N) is 1. The Bertz CT molecular complexity index is 166. The molecule has 2 N–H and O–H groups in total. The van der Waals surface area contributed by atoms with E-state index in [1.807, 2.05) is 11.8 Å². The highest BCUT2D eigenvalue weighted by Crippen LogP contribution is 2.10. The molecular formula is C11H25N3S. The molecule has 1 atom stereocenters. The average molecular weight is 231 g/mol. The number of thioether (sulfide) groups is 1. The van der Waals surface area contributed by atoms with Crippen LogP contribution in [0.4, 0.5) is 0 Å². The zero-order valence-electron chi connectivity index (χ0n) is 10.1. The Kier molecular flexibility index (Phi) is 6.64. The maximum absolute atomic E-state index is 5.87. The molecule has 90 valence electrons. The topological polar surface area (TPSA) is 32.5 Å². The largest absolute Gasteiger partial charge is 0.329 e. The summed E-state index contributed by atoms with van der Waals surface area (Å²) < 4.78 is 0. The first-order valence-electron chi connectivity index (χ1n) is 5.89. The van der Waals surface area contributed by atoms with Crippen molar-refractivity contribution in [1.82, 2.24) is 9.80 Å². The predicted octanol–water partition coefficient (Wildman–Crippen LogP) is 0.704. The van der Waals surface area contributed by atoms with Crippen molar-refractivity contribution in [3.05, 3.63) is 0 Å². The van der Waals surface area contributed by atoms with E-state index in [4.69, 9.17) is 5.73 Å². The number of likely N-dealkylation sites (N-methyl/N-ethyl adjacent to an activating group) is 1. The third kappa shape index (κ3) is 4.72. The summed E-state index contributed by atoms with van der Waals surface area (Å²) in [7, 11) is 2.21. The summed E-state index contributed by atoms with van der Waals surface area (Å²) >= 11 is 1.92. The molecule has 0 spiro atoms. The highest BCUT2D eigenvalue weighted by molar-refractivity contribution is 7.98. The molecule has 0 saturated carbocycles. The second-order valence-corrected chi connectivity index (χ2v) is 5.35. The van der Waals surface area contributed by atoms with Gasteiger partial charge in [-0.1, -0.05) is 0 Å². The van der Waals surface area contributed by atoms with E-state index < -0.39 is 0 Å². The van der Waals surface area contributed by atoms with Crippen molar-refractivity contribution in [2.75, 3.05) is 51.8 Å². The number of rotatable bonds is 5. The van der Waals surface area contributed by atoms with Crippen molar-refractivity contribution in [2.24, 2.45) is 5.73 Å². The second-order valence-electron chi connectivity index (χ2n) is 4.36. The van der Waals surface area contributed by atoms with E-state index in [-0.39, 0.29) is 0 Å². The van der Waals surface area contributed by atoms with Crippen molar-refractivity contribution < 1.29 is 0 Å². The van der Waals surface area contributed by atoms with Crippen LogP contribution in [0, 0.1) is 0 Å². The van der Waals surface area contributed by atoms with Crippen molar-refractivity contribution in [1.29, 1.82) is 0 Å². The van der Waals surface area contributed by atoms with Gasteiger partial charge in [-0.15, -0.1) is 0 Å². The van der Waals surface area contributed by atoms with Gasteiger partial charge in [0.05, 0.1) is 0 Å². The fourth-order valence-corrected chi connectivity index (χ4v) is 2.64. The molecular weight excluding hydrogens is 206 g/mol. The Balaban J connectivity index is 2.37. The monoisotopic (exact) mass is 231 g/mol. The zero-order chi connectivity index (χ0) is 11.1. The average Bonchev–Trinajstić information content (AvgIpc) is 2.45. The Morgan fingerprint density at radius 2 is 2.07 bits per heavy atom. The molecule has 1 fully saturated rings. The van der Waals surface area contributed by atoms with Gasteiger partial charge in [0.25, 0.3) is 0 Å². The van der Waals surface area contributed by atoms with Crippen molar-refractivity contribution in [2.45, 2.75) is 18.9 Å². The molecule has 4 heteroatoms. The van der Waals surface area contributed by atoms with Gasteiger partial charge in [0.2, 0.25) is 0 Å². The van der Waals surface area contributed by atoms with Crippen molar-refractivity contribution in [3.8, 4) is 0 Å². The first-order valence-corrected chi connectivity index (χ1v) is 7.29. The normalized spacial score (nSPS) is 22.6. The molecule has 1 heterocycles. The summed E-state index contributed by atoms with van der Waals surface area (Å²) in [6, 6.07) is 0.601. The summed E-state index contributed by atoms with van der Waals surface area (Å²) in [6.45, 7) is 5.64. The Labute approximate surface area is 98.4 Å². The van der Waals surface area contributed by atoms with E-state index in [0.29, 0.717) is 6.04 Å². The molecule has 1 aliphatic heterocycles. The van der Waals surface area contributed by atoms with Crippen LogP contribution < -0.4 is 5.73 Å². The van der Waals surface area contributed by atoms with E-state index in [1.165, 1.54) is 44.8 Å². The van der Waals surface area contributed by atoms with E-state index in [0.717, 1.165) is 6.54 Å². The molecule has 0 aromatic carbocycles. The standard InChI is InChI=1S/C11H25N3S/c1-13-5-3-6-14(8-7-13)11(10-12)4-9-15-2/h11H,3-10,12H2,1-2H3. The summed E-state index contributed by atoms with van der Waals surface area (Å²) in [6.07, 6.45) is 4.69. The Morgan fingerprint density at radius 1 is 1.27 bits per heavy atom. The number of hydrogen-bond acceptors (Lipinski definition) is 4. The fourth-order valence-electron chi connectivity index (χ4n) is 2.14. The van der Waals surface area contributed by atoms with Gasteiger partial charge in [-0.3, -0.25) is 4.90 Å². The summed E-state index contributed by atoms with van der Waals surface area (Å²) in [4.78, 5) is 5.00. The fraction of sp³-hybridized carbons (Fsp3) is 1.00. The summed E-state index contributed by atoms with van der Waals surface area (Å²) in [5.41, 5.74) is 5.87. The minimum Gasteiger partial charge on any atom is -0.329 e. The number of nitrogens with zero attached hydrogens (tertiary/aromatic N) is 2. The molecule has 0 aliphatic carbocycles. The smallest absolute Gasteiger partial charge is 0.0226 e. The van der Waals surface area contributed by atoms with Crippen LogP contribution in [0.25, 0.3) is 0 Å². The summed E-state index contributed by atoms with van der Waals surface area (Å²) in [5, 5.41) is 0. The first-order chi connectivity index (χ1) is 7.27. The molecule has 3 nitrogen and oxygen atoms in total. The van der Waals surface area contributed by atoms with Crippen LogP contribution in [0.1, 0.15) is 12.8 Å². The Morgan fingerprint density at radius 3 is 2.73 bits per heavy atom. The molecule has 0 aromatic rings. The lowest BCUT2D eigenvalue weighted by molar-refractivity contribution is 0.202. The van der Waals surface area contributed by atoms with Gasteiger partial charge in [0.15, 0.2) is 0 Å². The van der Waals surface area contributed by atoms with Crippen LogP contribution in [-0.4, -0.2) is 67.6 Å². The Hall–Kier alpha value is 0.230. The number of hydrogen-bond donors (Lipinski definition) is 1. The maximum atomic E-state index is 5.87. The lowest BCUT2D eigenvalue weighted by Gasteiger charge is -2.29. The van der Waals surface area contributed by atoms with Crippen molar-refractivity contribution in [3.63, 3.8) is 0 Å². The van der Waals surface area contributed by atoms with Gasteiger partial charge in [-0.25, -0.2) is 0 Å². The van der Waals surface area contributed by atoms with Gasteiger partial charge in [0, 0.05) is 25.7 Å². The highest BCUT2D eigenvalue weighted by Gasteiger charge is 2.19. The third-order valence-corrected chi connectivity index (χ3v) is 3.84. The lowest BCUT2D eigenvalue weighted by Crippen LogP contribution is -2.42. The van der Waals surface area contributed by atoms with Gasteiger partial charge in [-0.2, -0.15) is 11.8 Å². The quantitative estimate of drug-likeness (QED) is 0.755. The van der Waals surface area contributed by atoms with Crippen molar-refractivity contribution >= 4 is 11.8 Å². The van der Waals surface area contributed by atoms with E-state index >= 15 is 0 Å². The lowest BCUT2D eigenvalue weighted by atomic mass is 10.2. The van der Waals surface area contributed by atoms with Gasteiger partial charge >= 0.3 is 0 Å². The molecule has 0 bridgehead atoms. The second kappa shape index (κ2) is 7.49. The van der Waals surface area contributed by atoms with Crippen LogP contribution >= 0.6 is 11.8 Å². The van der Waals surface area contributed by atoms with Crippen LogP contribution in [0.3, 0.4) is 0 Å². The molecule has 1 rings (SSSR count). The minimum absolute atomic E-state index is 0.601. The van der Waals surface area contributed by atoms with E-state index in [1.54, 1.807) is 0 Å². The van der Waals surface area contributed by atoms with E-state index in [2.05, 4.69) is 23.1 Å². The molecule has 1 saturated heterocycles. The van der Waals surface area contributed by atoms with Crippen LogP contribution in [0.15, 0.2) is 0 Å². The summed E-state index contributed by atoms with van der Waals surface area (Å²) in [5.74, 6) is 1.23. The SMILES string of the molecule is CSCCC(CN)N1CCCN(C)CC1. The maximum Gasteiger partial charge on any atom is 0.0226 e. The molecule has 15 heavy (non-hydrogen) atoms.